The Hall–Kier alpha value is -1.04. The average Bonchev–Trinajstić information content (AvgIpc) is 2.19. The van der Waals surface area contributed by atoms with Crippen molar-refractivity contribution >= 4 is 0 Å². The molecular weight excluding hydrogens is 230 g/mol. The summed E-state index contributed by atoms with van der Waals surface area (Å²) in [6, 6.07) is 0. The summed E-state index contributed by atoms with van der Waals surface area (Å²) in [6.45, 7) is -0.526. The lowest BCUT2D eigenvalue weighted by Crippen LogP contribution is -2.58. The molecule has 0 aromatic carbocycles. The first kappa shape index (κ1) is 15.0. The van der Waals surface area contributed by atoms with Gasteiger partial charge in [-0.05, 0) is 0 Å². The highest BCUT2D eigenvalue weighted by atomic mass is 16.9. The van der Waals surface area contributed by atoms with Gasteiger partial charge in [-0.2, -0.15) is 0 Å². The van der Waals surface area contributed by atoms with Crippen molar-refractivity contribution < 1.29 is 40.6 Å². The van der Waals surface area contributed by atoms with E-state index in [-0.39, 0.29) is 0 Å². The molecule has 0 saturated carbocycles. The van der Waals surface area contributed by atoms with Crippen molar-refractivity contribution in [3.8, 4) is 0 Å². The maximum atomic E-state index is 9.12. The van der Waals surface area contributed by atoms with Gasteiger partial charge in [0.05, 0.1) is 6.61 Å². The van der Waals surface area contributed by atoms with Gasteiger partial charge in [0.1, 0.15) is 24.4 Å². The zero-order chi connectivity index (χ0) is 12.9. The van der Waals surface area contributed by atoms with E-state index in [1.807, 2.05) is 0 Å². The van der Waals surface area contributed by atoms with Gasteiger partial charge < -0.3 is 35.5 Å². The van der Waals surface area contributed by atoms with Crippen molar-refractivity contribution in [2.24, 2.45) is 0 Å². The molecule has 16 heavy (non-hydrogen) atoms. The van der Waals surface area contributed by atoms with E-state index < -0.39 is 42.4 Å². The third-order valence-electron chi connectivity index (χ3n) is 1.87. The molecule has 0 spiro atoms. The van der Waals surface area contributed by atoms with Crippen molar-refractivity contribution in [1.29, 1.82) is 0 Å². The van der Waals surface area contributed by atoms with Crippen molar-refractivity contribution in [3.63, 3.8) is 0 Å². The smallest absolute Gasteiger partial charge is 0.291 e. The lowest BCUT2D eigenvalue weighted by Gasteiger charge is -2.37. The topological polar surface area (TPSA) is 174 Å². The molecule has 1 unspecified atom stereocenters. The second-order valence-electron chi connectivity index (χ2n) is 2.96. The third kappa shape index (κ3) is 4.22. The monoisotopic (exact) mass is 243 g/mol. The molecule has 1 aliphatic heterocycles. The molecule has 1 heterocycles. The first-order valence-corrected chi connectivity index (χ1v) is 4.13. The molecule has 0 aliphatic carbocycles. The molecule has 5 atom stereocenters. The van der Waals surface area contributed by atoms with Crippen LogP contribution < -0.4 is 0 Å². The Morgan fingerprint density at radius 2 is 1.56 bits per heavy atom. The summed E-state index contributed by atoms with van der Waals surface area (Å²) < 4.78 is 4.58. The maximum absolute atomic E-state index is 9.12. The van der Waals surface area contributed by atoms with Gasteiger partial charge in [-0.15, -0.1) is 10.1 Å². The molecule has 0 bridgehead atoms. The summed E-state index contributed by atoms with van der Waals surface area (Å²) in [5.74, 6) is 0. The fourth-order valence-corrected chi connectivity index (χ4v) is 1.08. The first-order valence-electron chi connectivity index (χ1n) is 4.13. The Kier molecular flexibility index (Phi) is 6.10. The van der Waals surface area contributed by atoms with Gasteiger partial charge in [0, 0.05) is 0 Å². The lowest BCUT2D eigenvalue weighted by molar-refractivity contribution is -0.742. The van der Waals surface area contributed by atoms with Crippen LogP contribution in [0.2, 0.25) is 0 Å². The number of hydrogen-bond donors (Lipinski definition) is 6. The van der Waals surface area contributed by atoms with Crippen LogP contribution in [0.5, 0.6) is 0 Å². The van der Waals surface area contributed by atoms with Gasteiger partial charge in [0.15, 0.2) is 6.29 Å². The number of aliphatic hydroxyl groups is 5. The Morgan fingerprint density at radius 3 is 1.94 bits per heavy atom. The highest BCUT2D eigenvalue weighted by Crippen LogP contribution is 2.18. The third-order valence-corrected chi connectivity index (χ3v) is 1.87. The van der Waals surface area contributed by atoms with Crippen molar-refractivity contribution in [3.05, 3.63) is 10.1 Å². The summed E-state index contributed by atoms with van der Waals surface area (Å²) in [4.78, 5) is 8.36. The zero-order valence-corrected chi connectivity index (χ0v) is 7.95. The van der Waals surface area contributed by atoms with E-state index in [2.05, 4.69) is 4.74 Å². The predicted molar refractivity (Wildman–Crippen MR) is 44.8 cm³/mol. The van der Waals surface area contributed by atoms with E-state index in [1.165, 1.54) is 0 Å². The van der Waals surface area contributed by atoms with E-state index in [0.717, 1.165) is 0 Å². The van der Waals surface area contributed by atoms with Crippen LogP contribution in [0.15, 0.2) is 0 Å². The molecule has 10 nitrogen and oxygen atoms in total. The molecule has 6 N–H and O–H groups in total. The molecule has 96 valence electrons. The highest BCUT2D eigenvalue weighted by Gasteiger charge is 2.42. The van der Waals surface area contributed by atoms with E-state index in [0.29, 0.717) is 0 Å². The van der Waals surface area contributed by atoms with Crippen LogP contribution in [0.25, 0.3) is 0 Å². The predicted octanol–water partition coefficient (Wildman–Crippen LogP) is -3.57. The molecule has 0 radical (unpaired) electrons. The fourth-order valence-electron chi connectivity index (χ4n) is 1.08. The van der Waals surface area contributed by atoms with Crippen LogP contribution in [-0.4, -0.2) is 73.1 Å². The highest BCUT2D eigenvalue weighted by molar-refractivity contribution is 4.87. The Morgan fingerprint density at radius 1 is 1.12 bits per heavy atom. The molecule has 0 aromatic heterocycles. The van der Waals surface area contributed by atoms with Gasteiger partial charge in [-0.1, -0.05) is 0 Å². The van der Waals surface area contributed by atoms with Gasteiger partial charge in [0.2, 0.25) is 0 Å². The SMILES string of the molecule is O=[N+]([O-])O.OC[C@H]1OC(O)[C@H](O)[C@@H](O)[C@@H]1O. The average molecular weight is 243 g/mol. The summed E-state index contributed by atoms with van der Waals surface area (Å²) in [5, 5.41) is 58.3. The number of ether oxygens (including phenoxy) is 1. The quantitative estimate of drug-likeness (QED) is 0.201. The standard InChI is InChI=1S/C6H12O6.HNO3/c7-1-2-3(8)4(9)5(10)6(11)12-2;2-1(3)4/h2-11H,1H2;(H,2,3,4)/t2-,3-,4+,5-,6?;/m1./s1. The number of aliphatic hydroxyl groups excluding tert-OH is 5. The number of hydrogen-bond acceptors (Lipinski definition) is 8. The molecule has 1 aliphatic rings. The van der Waals surface area contributed by atoms with Crippen molar-refractivity contribution in [1.82, 2.24) is 0 Å². The second-order valence-corrected chi connectivity index (χ2v) is 2.96. The zero-order valence-electron chi connectivity index (χ0n) is 7.95. The van der Waals surface area contributed by atoms with Gasteiger partial charge >= 0.3 is 0 Å². The largest absolute Gasteiger partial charge is 0.394 e. The second kappa shape index (κ2) is 6.52. The first-order chi connectivity index (χ1) is 7.31. The lowest BCUT2D eigenvalue weighted by atomic mass is 10.00. The minimum atomic E-state index is -1.57. The maximum Gasteiger partial charge on any atom is 0.291 e. The van der Waals surface area contributed by atoms with E-state index in [9.17, 15) is 0 Å². The van der Waals surface area contributed by atoms with Crippen LogP contribution in [0.1, 0.15) is 0 Å². The van der Waals surface area contributed by atoms with Crippen LogP contribution >= 0.6 is 0 Å². The van der Waals surface area contributed by atoms with Crippen LogP contribution in [0.3, 0.4) is 0 Å². The fraction of sp³-hybridized carbons (Fsp3) is 1.00. The van der Waals surface area contributed by atoms with Crippen molar-refractivity contribution in [2.45, 2.75) is 30.7 Å². The summed E-state index contributed by atoms with van der Waals surface area (Å²) in [6.07, 6.45) is -7.04. The van der Waals surface area contributed by atoms with Crippen LogP contribution in [-0.2, 0) is 4.74 Å². The van der Waals surface area contributed by atoms with E-state index >= 15 is 0 Å². The molecule has 10 heteroatoms. The molecule has 1 rings (SSSR count). The summed E-state index contributed by atoms with van der Waals surface area (Å²) >= 11 is 0. The Balaban J connectivity index is 0.000000487. The van der Waals surface area contributed by atoms with Gasteiger partial charge in [-0.25, -0.2) is 0 Å². The summed E-state index contributed by atoms with van der Waals surface area (Å²) in [5.41, 5.74) is 0. The molecule has 1 fully saturated rings. The van der Waals surface area contributed by atoms with Crippen LogP contribution in [0, 0.1) is 10.1 Å². The molecule has 1 saturated heterocycles. The molecule has 0 amide bonds. The van der Waals surface area contributed by atoms with E-state index in [1.54, 1.807) is 0 Å². The molecular formula is C6H13NO9. The normalized spacial score (nSPS) is 38.4. The molecule has 0 aromatic rings. The van der Waals surface area contributed by atoms with Gasteiger partial charge in [0.25, 0.3) is 5.09 Å². The number of rotatable bonds is 1. The van der Waals surface area contributed by atoms with Crippen LogP contribution in [0.4, 0.5) is 0 Å². The number of nitrogens with zero attached hydrogens (tertiary/aromatic N) is 1. The van der Waals surface area contributed by atoms with Crippen molar-refractivity contribution in [2.75, 3.05) is 6.61 Å². The Labute approximate surface area is 89.0 Å². The van der Waals surface area contributed by atoms with E-state index in [4.69, 9.17) is 40.9 Å². The minimum absolute atomic E-state index is 0.526. The minimum Gasteiger partial charge on any atom is -0.394 e. The Bertz CT molecular complexity index is 215. The summed E-state index contributed by atoms with van der Waals surface area (Å²) in [7, 11) is 0. The van der Waals surface area contributed by atoms with Gasteiger partial charge in [-0.3, -0.25) is 0 Å².